The molecular weight excluding hydrogens is 250 g/mol. The van der Waals surface area contributed by atoms with Crippen molar-refractivity contribution in [2.75, 3.05) is 13.2 Å². The Bertz CT molecular complexity index is 461. The number of rotatable bonds is 4. The van der Waals surface area contributed by atoms with Gasteiger partial charge in [0.2, 0.25) is 0 Å². The monoisotopic (exact) mass is 267 g/mol. The topological polar surface area (TPSA) is 88.8 Å². The molecule has 1 aromatic heterocycles. The van der Waals surface area contributed by atoms with Gasteiger partial charge in [0.1, 0.15) is 11.8 Å². The Hall–Kier alpha value is -1.82. The second kappa shape index (κ2) is 5.88. The molecular formula is C13H17NO5. The largest absolute Gasteiger partial charge is 0.480 e. The van der Waals surface area contributed by atoms with Crippen molar-refractivity contribution in [2.24, 2.45) is 5.92 Å². The van der Waals surface area contributed by atoms with E-state index in [9.17, 15) is 14.7 Å². The molecule has 0 aliphatic carbocycles. The van der Waals surface area contributed by atoms with Crippen LogP contribution in [0.25, 0.3) is 0 Å². The van der Waals surface area contributed by atoms with E-state index in [-0.39, 0.29) is 5.92 Å². The third-order valence-corrected chi connectivity index (χ3v) is 3.32. The minimum atomic E-state index is -1.04. The molecule has 1 aliphatic heterocycles. The van der Waals surface area contributed by atoms with Gasteiger partial charge < -0.3 is 19.6 Å². The molecule has 19 heavy (non-hydrogen) atoms. The van der Waals surface area contributed by atoms with Crippen molar-refractivity contribution in [1.29, 1.82) is 0 Å². The number of hydrogen-bond donors (Lipinski definition) is 2. The normalized spacial score (nSPS) is 20.8. The second-order valence-electron chi connectivity index (χ2n) is 4.66. The van der Waals surface area contributed by atoms with Gasteiger partial charge in [0.25, 0.3) is 5.91 Å². The predicted molar refractivity (Wildman–Crippen MR) is 65.9 cm³/mol. The van der Waals surface area contributed by atoms with E-state index in [0.29, 0.717) is 24.5 Å². The quantitative estimate of drug-likeness (QED) is 0.855. The van der Waals surface area contributed by atoms with Gasteiger partial charge in [-0.05, 0) is 25.8 Å². The molecule has 0 bridgehead atoms. The van der Waals surface area contributed by atoms with Gasteiger partial charge in [-0.25, -0.2) is 4.79 Å². The third kappa shape index (κ3) is 3.14. The van der Waals surface area contributed by atoms with Crippen LogP contribution in [-0.4, -0.2) is 36.2 Å². The number of carbonyl (C=O) groups is 2. The lowest BCUT2D eigenvalue weighted by Gasteiger charge is -2.28. The van der Waals surface area contributed by atoms with Crippen molar-refractivity contribution in [3.05, 3.63) is 23.7 Å². The molecule has 2 rings (SSSR count). The highest BCUT2D eigenvalue weighted by molar-refractivity contribution is 5.97. The van der Waals surface area contributed by atoms with Crippen LogP contribution in [0.3, 0.4) is 0 Å². The summed E-state index contributed by atoms with van der Waals surface area (Å²) in [5.41, 5.74) is 0.364. The van der Waals surface area contributed by atoms with Gasteiger partial charge in [-0.3, -0.25) is 4.79 Å². The van der Waals surface area contributed by atoms with Gasteiger partial charge in [0.05, 0.1) is 18.4 Å². The van der Waals surface area contributed by atoms with Crippen molar-refractivity contribution in [3.8, 4) is 0 Å². The molecule has 1 saturated heterocycles. The molecule has 2 atom stereocenters. The molecule has 2 heterocycles. The molecule has 0 saturated carbocycles. The highest BCUT2D eigenvalue weighted by Gasteiger charge is 2.32. The van der Waals surface area contributed by atoms with Gasteiger partial charge in [-0.1, -0.05) is 0 Å². The first-order valence-corrected chi connectivity index (χ1v) is 6.25. The summed E-state index contributed by atoms with van der Waals surface area (Å²) in [5, 5.41) is 11.8. The van der Waals surface area contributed by atoms with E-state index in [1.54, 1.807) is 6.92 Å². The van der Waals surface area contributed by atoms with E-state index in [0.717, 1.165) is 12.8 Å². The smallest absolute Gasteiger partial charge is 0.326 e. The number of ether oxygens (including phenoxy) is 1. The summed E-state index contributed by atoms with van der Waals surface area (Å²) in [6.07, 6.45) is 2.96. The second-order valence-corrected chi connectivity index (χ2v) is 4.66. The standard InChI is InChI=1S/C13H17NO5/c1-8-10(4-6-19-8)12(15)14-11(13(16)17)9-3-2-5-18-7-9/h4,6,9,11H,2-3,5,7H2,1H3,(H,14,15)(H,16,17). The van der Waals surface area contributed by atoms with Crippen LogP contribution in [-0.2, 0) is 9.53 Å². The maximum Gasteiger partial charge on any atom is 0.326 e. The van der Waals surface area contributed by atoms with Crippen molar-refractivity contribution >= 4 is 11.9 Å². The number of nitrogens with one attached hydrogen (secondary N) is 1. The van der Waals surface area contributed by atoms with E-state index in [1.807, 2.05) is 0 Å². The number of furan rings is 1. The Morgan fingerprint density at radius 1 is 1.53 bits per heavy atom. The third-order valence-electron chi connectivity index (χ3n) is 3.32. The SMILES string of the molecule is Cc1occc1C(=O)NC(C(=O)O)C1CCCOC1. The van der Waals surface area contributed by atoms with Crippen molar-refractivity contribution < 1.29 is 23.8 Å². The van der Waals surface area contributed by atoms with E-state index >= 15 is 0 Å². The lowest BCUT2D eigenvalue weighted by Crippen LogP contribution is -2.48. The molecule has 104 valence electrons. The molecule has 2 N–H and O–H groups in total. The number of carboxylic acid groups (broad SMARTS) is 1. The maximum absolute atomic E-state index is 12.0. The van der Waals surface area contributed by atoms with Crippen LogP contribution in [0.15, 0.2) is 16.7 Å². The van der Waals surface area contributed by atoms with Crippen molar-refractivity contribution in [3.63, 3.8) is 0 Å². The van der Waals surface area contributed by atoms with Crippen LogP contribution in [0.1, 0.15) is 29.0 Å². The van der Waals surface area contributed by atoms with Crippen molar-refractivity contribution in [1.82, 2.24) is 5.32 Å². The molecule has 0 spiro atoms. The number of carboxylic acids is 1. The zero-order valence-electron chi connectivity index (χ0n) is 10.7. The number of aliphatic carboxylic acids is 1. The molecule has 1 fully saturated rings. The fraction of sp³-hybridized carbons (Fsp3) is 0.538. The molecule has 1 aliphatic rings. The minimum absolute atomic E-state index is 0.192. The van der Waals surface area contributed by atoms with Crippen LogP contribution >= 0.6 is 0 Å². The summed E-state index contributed by atoms with van der Waals surface area (Å²) >= 11 is 0. The van der Waals surface area contributed by atoms with Gasteiger partial charge in [0.15, 0.2) is 0 Å². The first-order valence-electron chi connectivity index (χ1n) is 6.25. The highest BCUT2D eigenvalue weighted by atomic mass is 16.5. The van der Waals surface area contributed by atoms with Gasteiger partial charge in [0, 0.05) is 12.5 Å². The van der Waals surface area contributed by atoms with Crippen LogP contribution in [0.2, 0.25) is 0 Å². The summed E-state index contributed by atoms with van der Waals surface area (Å²) in [6, 6.07) is 0.600. The van der Waals surface area contributed by atoms with E-state index in [1.165, 1.54) is 12.3 Å². The summed E-state index contributed by atoms with van der Waals surface area (Å²) in [6.45, 7) is 2.67. The molecule has 0 radical (unpaired) electrons. The average molecular weight is 267 g/mol. The van der Waals surface area contributed by atoms with E-state index < -0.39 is 17.9 Å². The molecule has 0 aromatic carbocycles. The summed E-state index contributed by atoms with van der Waals surface area (Å²) < 4.78 is 10.3. The Kier molecular flexibility index (Phi) is 4.21. The van der Waals surface area contributed by atoms with E-state index in [2.05, 4.69) is 5.32 Å². The molecule has 6 nitrogen and oxygen atoms in total. The number of amides is 1. The van der Waals surface area contributed by atoms with Crippen LogP contribution in [0.4, 0.5) is 0 Å². The Morgan fingerprint density at radius 2 is 2.32 bits per heavy atom. The van der Waals surface area contributed by atoms with Crippen molar-refractivity contribution in [2.45, 2.75) is 25.8 Å². The molecule has 1 aromatic rings. The highest BCUT2D eigenvalue weighted by Crippen LogP contribution is 2.19. The fourth-order valence-electron chi connectivity index (χ4n) is 2.25. The number of hydrogen-bond acceptors (Lipinski definition) is 4. The van der Waals surface area contributed by atoms with Crippen LogP contribution in [0, 0.1) is 12.8 Å². The van der Waals surface area contributed by atoms with Crippen LogP contribution < -0.4 is 5.32 Å². The van der Waals surface area contributed by atoms with Gasteiger partial charge >= 0.3 is 5.97 Å². The van der Waals surface area contributed by atoms with Crippen LogP contribution in [0.5, 0.6) is 0 Å². The zero-order chi connectivity index (χ0) is 13.8. The maximum atomic E-state index is 12.0. The van der Waals surface area contributed by atoms with Gasteiger partial charge in [-0.2, -0.15) is 0 Å². The molecule has 1 amide bonds. The van der Waals surface area contributed by atoms with E-state index in [4.69, 9.17) is 9.15 Å². The summed E-state index contributed by atoms with van der Waals surface area (Å²) in [5.74, 6) is -1.18. The number of carbonyl (C=O) groups excluding carboxylic acids is 1. The van der Waals surface area contributed by atoms with Gasteiger partial charge in [-0.15, -0.1) is 0 Å². The predicted octanol–water partition coefficient (Wildman–Crippen LogP) is 1.20. The Labute approximate surface area is 110 Å². The number of aryl methyl sites for hydroxylation is 1. The lowest BCUT2D eigenvalue weighted by atomic mass is 9.93. The minimum Gasteiger partial charge on any atom is -0.480 e. The lowest BCUT2D eigenvalue weighted by molar-refractivity contribution is -0.142. The summed E-state index contributed by atoms with van der Waals surface area (Å²) in [4.78, 5) is 23.3. The first kappa shape index (κ1) is 13.6. The fourth-order valence-corrected chi connectivity index (χ4v) is 2.25. The molecule has 6 heteroatoms. The summed E-state index contributed by atoms with van der Waals surface area (Å²) in [7, 11) is 0. The first-order chi connectivity index (χ1) is 9.09. The zero-order valence-corrected chi connectivity index (χ0v) is 10.7. The Morgan fingerprint density at radius 3 is 2.84 bits per heavy atom. The Balaban J connectivity index is 2.06. The average Bonchev–Trinajstić information content (AvgIpc) is 2.82. The molecule has 2 unspecified atom stereocenters.